The second-order valence-corrected chi connectivity index (χ2v) is 8.32. The number of benzene rings is 2. The van der Waals surface area contributed by atoms with Crippen LogP contribution in [0.4, 0.5) is 5.95 Å². The van der Waals surface area contributed by atoms with E-state index in [4.69, 9.17) is 5.73 Å². The molecule has 0 unspecified atom stereocenters. The number of likely N-dealkylation sites (tertiary alicyclic amines) is 1. The number of piperidine rings is 1. The molecule has 1 aliphatic rings. The van der Waals surface area contributed by atoms with Crippen molar-refractivity contribution in [1.82, 2.24) is 14.9 Å². The summed E-state index contributed by atoms with van der Waals surface area (Å²) in [7, 11) is 0. The summed E-state index contributed by atoms with van der Waals surface area (Å²) < 4.78 is 0.994. The molecule has 1 saturated heterocycles. The average Bonchev–Trinajstić information content (AvgIpc) is 2.75. The fourth-order valence-corrected chi connectivity index (χ4v) is 4.13. The Morgan fingerprint density at radius 2 is 1.69 bits per heavy atom. The molecule has 0 aliphatic carbocycles. The Hall–Kier alpha value is -2.57. The van der Waals surface area contributed by atoms with E-state index < -0.39 is 0 Å². The number of carbonyl (C=O) groups excluding carboxylic acids is 1. The number of halogens is 1. The number of rotatable bonds is 5. The molecule has 29 heavy (non-hydrogen) atoms. The standard InChI is InChI=1S/C23H23BrN4O/c24-20-7-5-16(6-8-20)22(29)17-9-11-28(12-10-17)15-18-3-1-2-4-21(18)19-13-26-23(25)27-14-19/h1-8,13-14,17H,9-12,15H2,(H2,25,26,27). The van der Waals surface area contributed by atoms with Gasteiger partial charge in [0.1, 0.15) is 0 Å². The van der Waals surface area contributed by atoms with Crippen molar-refractivity contribution < 1.29 is 4.79 Å². The predicted molar refractivity (Wildman–Crippen MR) is 118 cm³/mol. The Labute approximate surface area is 179 Å². The van der Waals surface area contributed by atoms with Crippen molar-refractivity contribution in [3.8, 4) is 11.1 Å². The summed E-state index contributed by atoms with van der Waals surface area (Å²) in [6.45, 7) is 2.68. The second-order valence-electron chi connectivity index (χ2n) is 7.41. The molecule has 0 amide bonds. The van der Waals surface area contributed by atoms with Gasteiger partial charge in [0.2, 0.25) is 5.95 Å². The van der Waals surface area contributed by atoms with Crippen LogP contribution in [0.5, 0.6) is 0 Å². The normalized spacial score (nSPS) is 15.3. The molecule has 0 atom stereocenters. The van der Waals surface area contributed by atoms with Gasteiger partial charge in [0, 0.05) is 40.5 Å². The van der Waals surface area contributed by atoms with E-state index in [9.17, 15) is 4.79 Å². The maximum Gasteiger partial charge on any atom is 0.219 e. The number of nitrogen functional groups attached to an aromatic ring is 1. The highest BCUT2D eigenvalue weighted by Gasteiger charge is 2.26. The lowest BCUT2D eigenvalue weighted by atomic mass is 9.88. The molecule has 6 heteroatoms. The van der Waals surface area contributed by atoms with Gasteiger partial charge in [-0.15, -0.1) is 0 Å². The molecule has 0 bridgehead atoms. The molecular formula is C23H23BrN4O. The Morgan fingerprint density at radius 1 is 1.03 bits per heavy atom. The van der Waals surface area contributed by atoms with Gasteiger partial charge in [-0.1, -0.05) is 52.3 Å². The lowest BCUT2D eigenvalue weighted by Crippen LogP contribution is -2.36. The molecular weight excluding hydrogens is 428 g/mol. The van der Waals surface area contributed by atoms with Gasteiger partial charge in [0.15, 0.2) is 5.78 Å². The smallest absolute Gasteiger partial charge is 0.219 e. The molecule has 1 fully saturated rings. The third-order valence-electron chi connectivity index (χ3n) is 5.48. The van der Waals surface area contributed by atoms with Crippen molar-refractivity contribution in [3.63, 3.8) is 0 Å². The average molecular weight is 451 g/mol. The van der Waals surface area contributed by atoms with Crippen molar-refractivity contribution in [3.05, 3.63) is 76.5 Å². The van der Waals surface area contributed by atoms with Gasteiger partial charge in [-0.25, -0.2) is 9.97 Å². The molecule has 0 saturated carbocycles. The molecule has 2 N–H and O–H groups in total. The number of carbonyl (C=O) groups is 1. The minimum atomic E-state index is 0.105. The minimum Gasteiger partial charge on any atom is -0.368 e. The van der Waals surface area contributed by atoms with E-state index in [1.165, 1.54) is 5.56 Å². The van der Waals surface area contributed by atoms with Gasteiger partial charge in [-0.05, 0) is 49.2 Å². The summed E-state index contributed by atoms with van der Waals surface area (Å²) in [5.74, 6) is 0.647. The maximum absolute atomic E-state index is 12.8. The minimum absolute atomic E-state index is 0.105. The SMILES string of the molecule is Nc1ncc(-c2ccccc2CN2CCC(C(=O)c3ccc(Br)cc3)CC2)cn1. The lowest BCUT2D eigenvalue weighted by molar-refractivity contribution is 0.0835. The predicted octanol–water partition coefficient (Wildman–Crippen LogP) is 4.58. The molecule has 1 aliphatic heterocycles. The molecule has 148 valence electrons. The van der Waals surface area contributed by atoms with E-state index in [1.807, 2.05) is 30.3 Å². The van der Waals surface area contributed by atoms with Gasteiger partial charge in [0.05, 0.1) is 0 Å². The van der Waals surface area contributed by atoms with Crippen LogP contribution in [0.2, 0.25) is 0 Å². The number of ketones is 1. The van der Waals surface area contributed by atoms with Crippen LogP contribution in [-0.4, -0.2) is 33.7 Å². The molecule has 4 rings (SSSR count). The molecule has 2 heterocycles. The fraction of sp³-hybridized carbons (Fsp3) is 0.261. The van der Waals surface area contributed by atoms with Crippen molar-refractivity contribution in [2.24, 2.45) is 5.92 Å². The highest BCUT2D eigenvalue weighted by Crippen LogP contribution is 2.27. The summed E-state index contributed by atoms with van der Waals surface area (Å²) in [4.78, 5) is 23.4. The first-order valence-electron chi connectivity index (χ1n) is 9.78. The van der Waals surface area contributed by atoms with Crippen LogP contribution in [-0.2, 0) is 6.54 Å². The van der Waals surface area contributed by atoms with Crippen LogP contribution in [0.25, 0.3) is 11.1 Å². The van der Waals surface area contributed by atoms with E-state index in [-0.39, 0.29) is 17.6 Å². The highest BCUT2D eigenvalue weighted by atomic mass is 79.9. The largest absolute Gasteiger partial charge is 0.368 e. The van der Waals surface area contributed by atoms with E-state index >= 15 is 0 Å². The summed E-state index contributed by atoms with van der Waals surface area (Å²) in [6.07, 6.45) is 5.32. The van der Waals surface area contributed by atoms with Crippen molar-refractivity contribution in [2.75, 3.05) is 18.8 Å². The van der Waals surface area contributed by atoms with Gasteiger partial charge in [-0.2, -0.15) is 0 Å². The number of nitrogens with zero attached hydrogens (tertiary/aromatic N) is 3. The van der Waals surface area contributed by atoms with Gasteiger partial charge < -0.3 is 5.73 Å². The van der Waals surface area contributed by atoms with E-state index in [0.29, 0.717) is 0 Å². The van der Waals surface area contributed by atoms with Crippen molar-refractivity contribution in [2.45, 2.75) is 19.4 Å². The van der Waals surface area contributed by atoms with E-state index in [1.54, 1.807) is 12.4 Å². The van der Waals surface area contributed by atoms with Crippen LogP contribution >= 0.6 is 15.9 Å². The van der Waals surface area contributed by atoms with Gasteiger partial charge in [-0.3, -0.25) is 9.69 Å². The number of anilines is 1. The third kappa shape index (κ3) is 4.71. The van der Waals surface area contributed by atoms with Gasteiger partial charge >= 0.3 is 0 Å². The first-order chi connectivity index (χ1) is 14.1. The molecule has 0 spiro atoms. The first-order valence-corrected chi connectivity index (χ1v) is 10.6. The number of Topliss-reactive ketones (excluding diaryl/α,β-unsaturated/α-hetero) is 1. The quantitative estimate of drug-likeness (QED) is 0.575. The fourth-order valence-electron chi connectivity index (χ4n) is 3.86. The van der Waals surface area contributed by atoms with Crippen LogP contribution in [0.1, 0.15) is 28.8 Å². The van der Waals surface area contributed by atoms with E-state index in [2.05, 4.69) is 49.0 Å². The Morgan fingerprint density at radius 3 is 2.38 bits per heavy atom. The van der Waals surface area contributed by atoms with Gasteiger partial charge in [0.25, 0.3) is 0 Å². The number of nitrogens with two attached hydrogens (primary N) is 1. The number of aromatic nitrogens is 2. The zero-order valence-electron chi connectivity index (χ0n) is 16.1. The number of hydrogen-bond acceptors (Lipinski definition) is 5. The summed E-state index contributed by atoms with van der Waals surface area (Å²) in [5.41, 5.74) is 9.75. The van der Waals surface area contributed by atoms with Crippen LogP contribution in [0, 0.1) is 5.92 Å². The Balaban J connectivity index is 1.41. The summed E-state index contributed by atoms with van der Waals surface area (Å²) >= 11 is 3.42. The summed E-state index contributed by atoms with van der Waals surface area (Å²) in [6, 6.07) is 16.0. The van der Waals surface area contributed by atoms with Crippen LogP contribution in [0.15, 0.2) is 65.4 Å². The molecule has 2 aromatic carbocycles. The monoisotopic (exact) mass is 450 g/mol. The van der Waals surface area contributed by atoms with E-state index in [0.717, 1.165) is 53.6 Å². The molecule has 5 nitrogen and oxygen atoms in total. The third-order valence-corrected chi connectivity index (χ3v) is 6.01. The molecule has 1 aromatic heterocycles. The Kier molecular flexibility index (Phi) is 6.02. The van der Waals surface area contributed by atoms with Crippen LogP contribution in [0.3, 0.4) is 0 Å². The first kappa shape index (κ1) is 19.7. The maximum atomic E-state index is 12.8. The molecule has 0 radical (unpaired) electrons. The lowest BCUT2D eigenvalue weighted by Gasteiger charge is -2.31. The zero-order valence-corrected chi connectivity index (χ0v) is 17.7. The van der Waals surface area contributed by atoms with Crippen molar-refractivity contribution in [1.29, 1.82) is 0 Å². The summed E-state index contributed by atoms with van der Waals surface area (Å²) in [5, 5.41) is 0. The number of hydrogen-bond donors (Lipinski definition) is 1. The van der Waals surface area contributed by atoms with Crippen LogP contribution < -0.4 is 5.73 Å². The molecule has 3 aromatic rings. The van der Waals surface area contributed by atoms with Crippen molar-refractivity contribution >= 4 is 27.7 Å². The highest BCUT2D eigenvalue weighted by molar-refractivity contribution is 9.10. The Bertz CT molecular complexity index is 981. The second kappa shape index (κ2) is 8.84. The topological polar surface area (TPSA) is 72.1 Å². The zero-order chi connectivity index (χ0) is 20.2.